The number of alkyl carbamates (subject to hydrolysis) is 1. The van der Waals surface area contributed by atoms with Gasteiger partial charge in [0.25, 0.3) is 0 Å². The molecule has 0 aromatic rings. The van der Waals surface area contributed by atoms with Gasteiger partial charge in [-0.05, 0) is 11.8 Å². The van der Waals surface area contributed by atoms with E-state index in [0.29, 0.717) is 6.42 Å². The molecule has 3 N–H and O–H groups in total. The molecule has 0 fully saturated rings. The first-order chi connectivity index (χ1) is 6.85. The number of carbonyl (C=O) groups is 1. The lowest BCUT2D eigenvalue weighted by Gasteiger charge is -2.22. The first-order valence-corrected chi connectivity index (χ1v) is 5.04. The van der Waals surface area contributed by atoms with Gasteiger partial charge in [0, 0.05) is 6.54 Å². The molecule has 1 amide bonds. The monoisotopic (exact) mass is 219 g/mol. The molecule has 0 aromatic carbocycles. The number of ether oxygens (including phenoxy) is 1. The smallest absolute Gasteiger partial charge is 0.407 e. The molecular formula is C10H21NO4. The molecule has 0 bridgehead atoms. The number of amides is 1. The SMILES string of the molecule is CC(C)(C)CC(O)CNC(=O)OCCO. The van der Waals surface area contributed by atoms with Crippen LogP contribution in [0, 0.1) is 5.41 Å². The van der Waals surface area contributed by atoms with Crippen LogP contribution in [0.3, 0.4) is 0 Å². The molecule has 0 aliphatic heterocycles. The van der Waals surface area contributed by atoms with Crippen LogP contribution < -0.4 is 5.32 Å². The van der Waals surface area contributed by atoms with E-state index in [2.05, 4.69) is 10.1 Å². The summed E-state index contributed by atoms with van der Waals surface area (Å²) in [5.41, 5.74) is 0.0239. The fourth-order valence-electron chi connectivity index (χ4n) is 1.17. The number of hydrogen-bond donors (Lipinski definition) is 3. The van der Waals surface area contributed by atoms with Crippen molar-refractivity contribution in [2.75, 3.05) is 19.8 Å². The molecule has 1 atom stereocenters. The van der Waals surface area contributed by atoms with Crippen LogP contribution in [0.15, 0.2) is 0 Å². The Kier molecular flexibility index (Phi) is 6.27. The molecular weight excluding hydrogens is 198 g/mol. The van der Waals surface area contributed by atoms with E-state index in [0.717, 1.165) is 0 Å². The number of rotatable bonds is 5. The molecule has 0 spiro atoms. The summed E-state index contributed by atoms with van der Waals surface area (Å²) in [6.45, 7) is 5.99. The minimum Gasteiger partial charge on any atom is -0.447 e. The van der Waals surface area contributed by atoms with Gasteiger partial charge >= 0.3 is 6.09 Å². The molecule has 0 heterocycles. The molecule has 1 unspecified atom stereocenters. The average Bonchev–Trinajstić information content (AvgIpc) is 2.08. The van der Waals surface area contributed by atoms with E-state index in [1.807, 2.05) is 20.8 Å². The molecule has 0 saturated carbocycles. The fraction of sp³-hybridized carbons (Fsp3) is 0.900. The highest BCUT2D eigenvalue weighted by molar-refractivity contribution is 5.67. The zero-order chi connectivity index (χ0) is 11.9. The second-order valence-corrected chi connectivity index (χ2v) is 4.66. The molecule has 0 aromatic heterocycles. The van der Waals surface area contributed by atoms with Gasteiger partial charge in [-0.15, -0.1) is 0 Å². The standard InChI is InChI=1S/C10H21NO4/c1-10(2,3)6-8(13)7-11-9(14)15-5-4-12/h8,12-13H,4-7H2,1-3H3,(H,11,14). The Morgan fingerprint density at radius 1 is 1.47 bits per heavy atom. The maximum absolute atomic E-state index is 10.9. The summed E-state index contributed by atoms with van der Waals surface area (Å²) in [4.78, 5) is 10.9. The van der Waals surface area contributed by atoms with E-state index in [1.54, 1.807) is 0 Å². The maximum Gasteiger partial charge on any atom is 0.407 e. The van der Waals surface area contributed by atoms with Crippen LogP contribution in [-0.4, -0.2) is 42.2 Å². The molecule has 15 heavy (non-hydrogen) atoms. The fourth-order valence-corrected chi connectivity index (χ4v) is 1.17. The average molecular weight is 219 g/mol. The highest BCUT2D eigenvalue weighted by atomic mass is 16.6. The summed E-state index contributed by atoms with van der Waals surface area (Å²) in [6.07, 6.45) is -0.587. The van der Waals surface area contributed by atoms with Gasteiger partial charge in [-0.3, -0.25) is 0 Å². The molecule has 0 aliphatic carbocycles. The lowest BCUT2D eigenvalue weighted by molar-refractivity contribution is 0.0982. The van der Waals surface area contributed by atoms with Crippen LogP contribution in [0.5, 0.6) is 0 Å². The number of aliphatic hydroxyl groups excluding tert-OH is 2. The molecule has 5 nitrogen and oxygen atoms in total. The van der Waals surface area contributed by atoms with Crippen LogP contribution in [-0.2, 0) is 4.74 Å². The minimum absolute atomic E-state index is 0.0239. The highest BCUT2D eigenvalue weighted by Crippen LogP contribution is 2.20. The van der Waals surface area contributed by atoms with Crippen molar-refractivity contribution in [1.82, 2.24) is 5.32 Å². The van der Waals surface area contributed by atoms with Gasteiger partial charge in [-0.1, -0.05) is 20.8 Å². The van der Waals surface area contributed by atoms with Gasteiger partial charge in [-0.25, -0.2) is 4.79 Å². The lowest BCUT2D eigenvalue weighted by Crippen LogP contribution is -2.34. The first kappa shape index (κ1) is 14.2. The highest BCUT2D eigenvalue weighted by Gasteiger charge is 2.17. The van der Waals surface area contributed by atoms with Gasteiger partial charge in [0.15, 0.2) is 0 Å². The lowest BCUT2D eigenvalue weighted by atomic mass is 9.89. The topological polar surface area (TPSA) is 78.8 Å². The summed E-state index contributed by atoms with van der Waals surface area (Å²) < 4.78 is 4.56. The Labute approximate surface area is 90.4 Å². The van der Waals surface area contributed by atoms with E-state index < -0.39 is 12.2 Å². The van der Waals surface area contributed by atoms with Crippen molar-refractivity contribution >= 4 is 6.09 Å². The van der Waals surface area contributed by atoms with Gasteiger partial charge in [0.1, 0.15) is 6.61 Å². The first-order valence-electron chi connectivity index (χ1n) is 5.04. The number of aliphatic hydroxyl groups is 2. The summed E-state index contributed by atoms with van der Waals surface area (Å²) >= 11 is 0. The Balaban J connectivity index is 3.62. The second kappa shape index (κ2) is 6.63. The second-order valence-electron chi connectivity index (χ2n) is 4.66. The third-order valence-electron chi connectivity index (χ3n) is 1.65. The molecule has 90 valence electrons. The van der Waals surface area contributed by atoms with Crippen LogP contribution in [0.2, 0.25) is 0 Å². The predicted octanol–water partition coefficient (Wildman–Crippen LogP) is 0.502. The van der Waals surface area contributed by atoms with Crippen LogP contribution in [0.4, 0.5) is 4.79 Å². The van der Waals surface area contributed by atoms with Crippen molar-refractivity contribution in [1.29, 1.82) is 0 Å². The Hall–Kier alpha value is -0.810. The van der Waals surface area contributed by atoms with Crippen molar-refractivity contribution in [3.05, 3.63) is 0 Å². The number of nitrogens with one attached hydrogen (secondary N) is 1. The number of carbonyl (C=O) groups excluding carboxylic acids is 1. The maximum atomic E-state index is 10.9. The van der Waals surface area contributed by atoms with E-state index in [1.165, 1.54) is 0 Å². The van der Waals surface area contributed by atoms with Gasteiger partial charge in [0.05, 0.1) is 12.7 Å². The molecule has 0 aliphatic rings. The van der Waals surface area contributed by atoms with Crippen molar-refractivity contribution in [3.8, 4) is 0 Å². The van der Waals surface area contributed by atoms with Crippen molar-refractivity contribution in [3.63, 3.8) is 0 Å². The zero-order valence-corrected chi connectivity index (χ0v) is 9.62. The Morgan fingerprint density at radius 2 is 2.07 bits per heavy atom. The van der Waals surface area contributed by atoms with Crippen LogP contribution in [0.1, 0.15) is 27.2 Å². The van der Waals surface area contributed by atoms with E-state index in [-0.39, 0.29) is 25.2 Å². The van der Waals surface area contributed by atoms with Gasteiger partial charge in [-0.2, -0.15) is 0 Å². The Bertz CT molecular complexity index is 188. The van der Waals surface area contributed by atoms with E-state index in [4.69, 9.17) is 5.11 Å². The molecule has 0 radical (unpaired) electrons. The van der Waals surface area contributed by atoms with Gasteiger partial charge < -0.3 is 20.3 Å². The van der Waals surface area contributed by atoms with Crippen molar-refractivity contribution < 1.29 is 19.7 Å². The predicted molar refractivity (Wildman–Crippen MR) is 56.5 cm³/mol. The van der Waals surface area contributed by atoms with Crippen molar-refractivity contribution in [2.24, 2.45) is 5.41 Å². The third-order valence-corrected chi connectivity index (χ3v) is 1.65. The van der Waals surface area contributed by atoms with E-state index >= 15 is 0 Å². The molecule has 0 saturated heterocycles. The third kappa shape index (κ3) is 9.49. The normalized spacial score (nSPS) is 13.4. The quantitative estimate of drug-likeness (QED) is 0.629. The van der Waals surface area contributed by atoms with E-state index in [9.17, 15) is 9.90 Å². The molecule has 0 rings (SSSR count). The number of hydrogen-bond acceptors (Lipinski definition) is 4. The van der Waals surface area contributed by atoms with Crippen LogP contribution >= 0.6 is 0 Å². The van der Waals surface area contributed by atoms with Gasteiger partial charge in [0.2, 0.25) is 0 Å². The van der Waals surface area contributed by atoms with Crippen molar-refractivity contribution in [2.45, 2.75) is 33.3 Å². The Morgan fingerprint density at radius 3 is 2.53 bits per heavy atom. The largest absolute Gasteiger partial charge is 0.447 e. The van der Waals surface area contributed by atoms with Crippen LogP contribution in [0.25, 0.3) is 0 Å². The molecule has 5 heteroatoms. The zero-order valence-electron chi connectivity index (χ0n) is 9.62. The summed E-state index contributed by atoms with van der Waals surface area (Å²) in [7, 11) is 0. The minimum atomic E-state index is -0.614. The summed E-state index contributed by atoms with van der Waals surface area (Å²) in [5, 5.41) is 20.3. The summed E-state index contributed by atoms with van der Waals surface area (Å²) in [6, 6.07) is 0. The summed E-state index contributed by atoms with van der Waals surface area (Å²) in [5.74, 6) is 0.